The van der Waals surface area contributed by atoms with Crippen LogP contribution in [0.15, 0.2) is 33.0 Å². The zero-order chi connectivity index (χ0) is 19.7. The quantitative estimate of drug-likeness (QED) is 0.589. The molecule has 1 aromatic carbocycles. The number of hydrogen-bond acceptors (Lipinski definition) is 7. The first-order chi connectivity index (χ1) is 13.5. The Hall–Kier alpha value is -2.13. The lowest BCUT2D eigenvalue weighted by atomic mass is 10.2. The first-order valence-electron chi connectivity index (χ1n) is 9.17. The summed E-state index contributed by atoms with van der Waals surface area (Å²) in [6.45, 7) is 5.56. The highest BCUT2D eigenvalue weighted by Gasteiger charge is 2.26. The molecule has 0 unspecified atom stereocenters. The van der Waals surface area contributed by atoms with Crippen LogP contribution in [-0.2, 0) is 17.8 Å². The van der Waals surface area contributed by atoms with E-state index in [9.17, 15) is 9.59 Å². The summed E-state index contributed by atoms with van der Waals surface area (Å²) in [5.41, 5.74) is 1.49. The number of benzene rings is 1. The topological polar surface area (TPSA) is 82.5 Å². The summed E-state index contributed by atoms with van der Waals surface area (Å²) in [5.74, 6) is 1.31. The van der Waals surface area contributed by atoms with Crippen LogP contribution < -0.4 is 20.3 Å². The van der Waals surface area contributed by atoms with Gasteiger partial charge >= 0.3 is 0 Å². The minimum absolute atomic E-state index is 0.00315. The van der Waals surface area contributed by atoms with Crippen molar-refractivity contribution in [3.05, 3.63) is 34.2 Å². The predicted octanol–water partition coefficient (Wildman–Crippen LogP) is 2.80. The number of carbonyl (C=O) groups is 1. The van der Waals surface area contributed by atoms with Crippen molar-refractivity contribution in [1.29, 1.82) is 0 Å². The summed E-state index contributed by atoms with van der Waals surface area (Å²) >= 11 is 2.87. The van der Waals surface area contributed by atoms with Gasteiger partial charge in [-0.3, -0.25) is 14.2 Å². The third-order valence-electron chi connectivity index (χ3n) is 4.44. The van der Waals surface area contributed by atoms with Crippen LogP contribution in [0.2, 0.25) is 0 Å². The molecule has 1 N–H and O–H groups in total. The van der Waals surface area contributed by atoms with Crippen molar-refractivity contribution in [2.24, 2.45) is 0 Å². The summed E-state index contributed by atoms with van der Waals surface area (Å²) in [7, 11) is 0. The molecule has 148 valence electrons. The number of aromatic nitrogens is 2. The van der Waals surface area contributed by atoms with Crippen LogP contribution in [-0.4, -0.2) is 39.7 Å². The third kappa shape index (κ3) is 3.86. The van der Waals surface area contributed by atoms with Crippen molar-refractivity contribution in [2.75, 3.05) is 24.3 Å². The van der Waals surface area contributed by atoms with Crippen molar-refractivity contribution in [3.63, 3.8) is 0 Å². The Bertz CT molecular complexity index is 976. The highest BCUT2D eigenvalue weighted by Crippen LogP contribution is 2.34. The maximum Gasteiger partial charge on any atom is 0.268 e. The van der Waals surface area contributed by atoms with E-state index < -0.39 is 0 Å². The highest BCUT2D eigenvalue weighted by molar-refractivity contribution is 8.00. The average molecular weight is 420 g/mol. The molecule has 0 aliphatic carbocycles. The van der Waals surface area contributed by atoms with Crippen LogP contribution in [0.25, 0.3) is 0 Å². The summed E-state index contributed by atoms with van der Waals surface area (Å²) in [6.07, 6.45) is 0.788. The van der Waals surface area contributed by atoms with Gasteiger partial charge in [-0.2, -0.15) is 0 Å². The van der Waals surface area contributed by atoms with Crippen molar-refractivity contribution < 1.29 is 14.3 Å². The highest BCUT2D eigenvalue weighted by atomic mass is 32.2. The van der Waals surface area contributed by atoms with E-state index >= 15 is 0 Å². The van der Waals surface area contributed by atoms with Crippen LogP contribution in [0.3, 0.4) is 0 Å². The number of fused-ring (bicyclic) bond motifs is 2. The lowest BCUT2D eigenvalue weighted by Crippen LogP contribution is -2.25. The fourth-order valence-corrected chi connectivity index (χ4v) is 5.16. The molecule has 9 heteroatoms. The molecule has 2 aliphatic rings. The molecule has 0 saturated heterocycles. The van der Waals surface area contributed by atoms with E-state index in [1.54, 1.807) is 34.5 Å². The van der Waals surface area contributed by atoms with E-state index in [2.05, 4.69) is 17.2 Å². The lowest BCUT2D eigenvalue weighted by molar-refractivity contribution is -0.113. The van der Waals surface area contributed by atoms with Crippen molar-refractivity contribution >= 4 is 35.1 Å². The molecule has 3 heterocycles. The molecule has 1 aromatic heterocycles. The first-order valence-corrected chi connectivity index (χ1v) is 11.0. The number of nitrogens with zero attached hydrogens (tertiary/aromatic N) is 2. The van der Waals surface area contributed by atoms with Crippen molar-refractivity contribution in [1.82, 2.24) is 9.55 Å². The van der Waals surface area contributed by atoms with Crippen LogP contribution in [0, 0.1) is 0 Å². The van der Waals surface area contributed by atoms with Gasteiger partial charge in [0.2, 0.25) is 5.91 Å². The van der Waals surface area contributed by atoms with E-state index in [1.807, 2.05) is 6.92 Å². The summed E-state index contributed by atoms with van der Waals surface area (Å²) in [5, 5.41) is 3.82. The average Bonchev–Trinajstić information content (AvgIpc) is 3.07. The van der Waals surface area contributed by atoms with Gasteiger partial charge in [-0.1, -0.05) is 18.7 Å². The fourth-order valence-electron chi connectivity index (χ4n) is 3.17. The fraction of sp³-hybridized carbons (Fsp3) is 0.421. The summed E-state index contributed by atoms with van der Waals surface area (Å²) in [4.78, 5) is 30.5. The standard InChI is InChI=1S/C19H21N3O4S2/c1-3-22-18(24)17-13(8-11(2)28-17)21-19(22)27-10-16(23)20-12-4-5-14-15(9-12)26-7-6-25-14/h4-5,9,11H,3,6-8,10H2,1-2H3,(H,20,23)/t11-/m1/s1. The second-order valence-corrected chi connectivity index (χ2v) is 8.94. The monoisotopic (exact) mass is 419 g/mol. The molecule has 4 rings (SSSR count). The Morgan fingerprint density at radius 1 is 1.36 bits per heavy atom. The SMILES string of the molecule is CCn1c(SCC(=O)Nc2ccc3c(c2)OCCO3)nc2c(c1=O)S[C@H](C)C2. The molecule has 0 bridgehead atoms. The smallest absolute Gasteiger partial charge is 0.268 e. The van der Waals surface area contributed by atoms with Gasteiger partial charge in [-0.15, -0.1) is 11.8 Å². The third-order valence-corrected chi connectivity index (χ3v) is 6.63. The molecular weight excluding hydrogens is 398 g/mol. The molecule has 0 fully saturated rings. The molecule has 2 aromatic rings. The number of hydrogen-bond donors (Lipinski definition) is 1. The Morgan fingerprint density at radius 3 is 2.93 bits per heavy atom. The maximum absolute atomic E-state index is 12.7. The summed E-state index contributed by atoms with van der Waals surface area (Å²) in [6, 6.07) is 5.32. The van der Waals surface area contributed by atoms with Crippen molar-refractivity contribution in [2.45, 2.75) is 42.1 Å². The van der Waals surface area contributed by atoms with Crippen LogP contribution in [0.5, 0.6) is 11.5 Å². The number of anilines is 1. The van der Waals surface area contributed by atoms with Gasteiger partial charge in [0, 0.05) is 30.0 Å². The molecule has 1 amide bonds. The van der Waals surface area contributed by atoms with E-state index in [0.717, 1.165) is 17.0 Å². The van der Waals surface area contributed by atoms with E-state index in [4.69, 9.17) is 9.47 Å². The van der Waals surface area contributed by atoms with E-state index in [1.165, 1.54) is 11.8 Å². The van der Waals surface area contributed by atoms with Gasteiger partial charge in [-0.25, -0.2) is 4.98 Å². The largest absolute Gasteiger partial charge is 0.486 e. The molecule has 1 atom stereocenters. The number of ether oxygens (including phenoxy) is 2. The van der Waals surface area contributed by atoms with Gasteiger partial charge in [0.15, 0.2) is 16.7 Å². The molecular formula is C19H21N3O4S2. The lowest BCUT2D eigenvalue weighted by Gasteiger charge is -2.19. The molecule has 0 saturated carbocycles. The van der Waals surface area contributed by atoms with Crippen LogP contribution >= 0.6 is 23.5 Å². The number of amides is 1. The van der Waals surface area contributed by atoms with E-state index in [0.29, 0.717) is 47.4 Å². The normalized spacial score (nSPS) is 17.3. The Morgan fingerprint density at radius 2 is 2.14 bits per heavy atom. The predicted molar refractivity (Wildman–Crippen MR) is 110 cm³/mol. The zero-order valence-corrected chi connectivity index (χ0v) is 17.3. The Balaban J connectivity index is 1.45. The second-order valence-electron chi connectivity index (χ2n) is 6.55. The number of thioether (sulfide) groups is 2. The van der Waals surface area contributed by atoms with Gasteiger partial charge in [0.1, 0.15) is 13.2 Å². The van der Waals surface area contributed by atoms with Gasteiger partial charge < -0.3 is 14.8 Å². The molecule has 2 aliphatic heterocycles. The van der Waals surface area contributed by atoms with Gasteiger partial charge in [-0.05, 0) is 19.1 Å². The number of nitrogens with one attached hydrogen (secondary N) is 1. The summed E-state index contributed by atoms with van der Waals surface area (Å²) < 4.78 is 12.7. The zero-order valence-electron chi connectivity index (χ0n) is 15.7. The van der Waals surface area contributed by atoms with Crippen LogP contribution in [0.1, 0.15) is 19.5 Å². The molecule has 0 radical (unpaired) electrons. The number of carbonyl (C=O) groups excluding carboxylic acids is 1. The first kappa shape index (κ1) is 19.2. The van der Waals surface area contributed by atoms with Gasteiger partial charge in [0.05, 0.1) is 16.3 Å². The molecule has 0 spiro atoms. The Kier molecular flexibility index (Phi) is 5.54. The van der Waals surface area contributed by atoms with Crippen LogP contribution in [0.4, 0.5) is 5.69 Å². The minimum atomic E-state index is -0.165. The molecule has 28 heavy (non-hydrogen) atoms. The minimum Gasteiger partial charge on any atom is -0.486 e. The van der Waals surface area contributed by atoms with Crippen molar-refractivity contribution in [3.8, 4) is 11.5 Å². The second kappa shape index (κ2) is 8.08. The maximum atomic E-state index is 12.7. The Labute approximate surface area is 171 Å². The molecule has 7 nitrogen and oxygen atoms in total. The van der Waals surface area contributed by atoms with Gasteiger partial charge in [0.25, 0.3) is 5.56 Å². The number of rotatable bonds is 5. The van der Waals surface area contributed by atoms with E-state index in [-0.39, 0.29) is 17.2 Å².